The standard InChI is InChI=1S/C21H21N3O3/c1-27-18-9-5-8-16-15(18)12-13-24(20(16)14-6-3-2-4-7-14)21(26)17-10-11-19(25)23-22-17/h2-9,20H,10-13H2,1H3,(H,23,25). The summed E-state index contributed by atoms with van der Waals surface area (Å²) in [4.78, 5) is 26.4. The van der Waals surface area contributed by atoms with Crippen LogP contribution in [0.5, 0.6) is 5.75 Å². The number of nitrogens with zero attached hydrogens (tertiary/aromatic N) is 2. The molecular formula is C21H21N3O3. The van der Waals surface area contributed by atoms with Crippen molar-refractivity contribution >= 4 is 17.5 Å². The minimum atomic E-state index is -0.210. The predicted molar refractivity (Wildman–Crippen MR) is 102 cm³/mol. The number of carbonyl (C=O) groups excluding carboxylic acids is 2. The number of ether oxygens (including phenoxy) is 1. The van der Waals surface area contributed by atoms with Crippen molar-refractivity contribution in [1.29, 1.82) is 0 Å². The molecule has 2 aliphatic heterocycles. The number of hydrogen-bond acceptors (Lipinski definition) is 4. The molecule has 4 rings (SSSR count). The van der Waals surface area contributed by atoms with Crippen molar-refractivity contribution in [2.75, 3.05) is 13.7 Å². The lowest BCUT2D eigenvalue weighted by Gasteiger charge is -2.38. The number of fused-ring (bicyclic) bond motifs is 1. The maximum absolute atomic E-state index is 13.2. The SMILES string of the molecule is COc1cccc2c1CCN(C(=O)C1=NNC(=O)CC1)C2c1ccccc1. The first kappa shape index (κ1) is 17.3. The van der Waals surface area contributed by atoms with Gasteiger partial charge in [0, 0.05) is 24.9 Å². The van der Waals surface area contributed by atoms with Crippen LogP contribution >= 0.6 is 0 Å². The summed E-state index contributed by atoms with van der Waals surface area (Å²) in [5, 5.41) is 4.00. The van der Waals surface area contributed by atoms with Gasteiger partial charge in [0.25, 0.3) is 5.91 Å². The quantitative estimate of drug-likeness (QED) is 0.910. The van der Waals surface area contributed by atoms with Crippen LogP contribution in [-0.2, 0) is 16.0 Å². The van der Waals surface area contributed by atoms with Crippen molar-refractivity contribution in [1.82, 2.24) is 10.3 Å². The van der Waals surface area contributed by atoms with Crippen molar-refractivity contribution in [2.45, 2.75) is 25.3 Å². The Morgan fingerprint density at radius 2 is 1.93 bits per heavy atom. The van der Waals surface area contributed by atoms with Crippen LogP contribution in [-0.4, -0.2) is 36.1 Å². The first-order chi connectivity index (χ1) is 13.2. The number of carbonyl (C=O) groups is 2. The van der Waals surface area contributed by atoms with Gasteiger partial charge in [-0.3, -0.25) is 9.59 Å². The molecule has 0 aromatic heterocycles. The summed E-state index contributed by atoms with van der Waals surface area (Å²) in [5.74, 6) is 0.569. The van der Waals surface area contributed by atoms with Crippen LogP contribution in [0, 0.1) is 0 Å². The van der Waals surface area contributed by atoms with Gasteiger partial charge in [-0.2, -0.15) is 5.10 Å². The van der Waals surface area contributed by atoms with E-state index < -0.39 is 0 Å². The van der Waals surface area contributed by atoms with Gasteiger partial charge >= 0.3 is 0 Å². The van der Waals surface area contributed by atoms with Gasteiger partial charge in [0.15, 0.2) is 0 Å². The Kier molecular flexibility index (Phi) is 4.62. The monoisotopic (exact) mass is 363 g/mol. The summed E-state index contributed by atoms with van der Waals surface area (Å²) in [5.41, 5.74) is 6.08. The first-order valence-corrected chi connectivity index (χ1v) is 9.06. The molecule has 6 heteroatoms. The van der Waals surface area contributed by atoms with Crippen LogP contribution in [0.15, 0.2) is 53.6 Å². The number of methoxy groups -OCH3 is 1. The molecule has 0 radical (unpaired) electrons. The molecule has 1 N–H and O–H groups in total. The summed E-state index contributed by atoms with van der Waals surface area (Å²) in [6, 6.07) is 15.7. The van der Waals surface area contributed by atoms with Gasteiger partial charge < -0.3 is 9.64 Å². The fourth-order valence-electron chi connectivity index (χ4n) is 3.83. The molecule has 0 spiro atoms. The minimum Gasteiger partial charge on any atom is -0.496 e. The van der Waals surface area contributed by atoms with E-state index in [1.54, 1.807) is 7.11 Å². The van der Waals surface area contributed by atoms with Crippen LogP contribution < -0.4 is 10.2 Å². The zero-order valence-corrected chi connectivity index (χ0v) is 15.1. The highest BCUT2D eigenvalue weighted by Crippen LogP contribution is 2.39. The molecular weight excluding hydrogens is 342 g/mol. The average molecular weight is 363 g/mol. The molecule has 0 fully saturated rings. The molecule has 1 unspecified atom stereocenters. The number of rotatable bonds is 3. The van der Waals surface area contributed by atoms with Crippen LogP contribution in [0.3, 0.4) is 0 Å². The molecule has 2 aliphatic rings. The van der Waals surface area contributed by atoms with Gasteiger partial charge in [-0.1, -0.05) is 42.5 Å². The first-order valence-electron chi connectivity index (χ1n) is 9.06. The summed E-state index contributed by atoms with van der Waals surface area (Å²) < 4.78 is 5.55. The molecule has 138 valence electrons. The van der Waals surface area contributed by atoms with Crippen molar-refractivity contribution < 1.29 is 14.3 Å². The highest BCUT2D eigenvalue weighted by atomic mass is 16.5. The molecule has 0 saturated carbocycles. The van der Waals surface area contributed by atoms with Gasteiger partial charge in [0.1, 0.15) is 11.5 Å². The van der Waals surface area contributed by atoms with Gasteiger partial charge in [0.2, 0.25) is 5.91 Å². The number of hydrogen-bond donors (Lipinski definition) is 1. The number of hydrazone groups is 1. The Morgan fingerprint density at radius 3 is 2.63 bits per heavy atom. The van der Waals surface area contributed by atoms with E-state index in [0.717, 1.165) is 22.4 Å². The summed E-state index contributed by atoms with van der Waals surface area (Å²) >= 11 is 0. The summed E-state index contributed by atoms with van der Waals surface area (Å²) in [7, 11) is 1.67. The van der Waals surface area contributed by atoms with Gasteiger partial charge in [0.05, 0.1) is 13.2 Å². The van der Waals surface area contributed by atoms with Gasteiger partial charge in [-0.15, -0.1) is 0 Å². The zero-order chi connectivity index (χ0) is 18.8. The van der Waals surface area contributed by atoms with Crippen molar-refractivity contribution in [3.05, 3.63) is 65.2 Å². The predicted octanol–water partition coefficient (Wildman–Crippen LogP) is 2.44. The van der Waals surface area contributed by atoms with E-state index in [-0.39, 0.29) is 17.9 Å². The maximum atomic E-state index is 13.2. The second-order valence-corrected chi connectivity index (χ2v) is 6.68. The molecule has 2 aromatic rings. The smallest absolute Gasteiger partial charge is 0.270 e. The number of nitrogens with one attached hydrogen (secondary N) is 1. The summed E-state index contributed by atoms with van der Waals surface area (Å²) in [6.45, 7) is 0.568. The van der Waals surface area contributed by atoms with E-state index >= 15 is 0 Å². The molecule has 2 aromatic carbocycles. The number of amides is 2. The van der Waals surface area contributed by atoms with E-state index in [0.29, 0.717) is 31.5 Å². The molecule has 0 aliphatic carbocycles. The number of benzene rings is 2. The molecule has 0 saturated heterocycles. The van der Waals surface area contributed by atoms with Crippen molar-refractivity contribution in [3.8, 4) is 5.75 Å². The third kappa shape index (κ3) is 3.18. The molecule has 2 heterocycles. The average Bonchev–Trinajstić information content (AvgIpc) is 2.73. The Labute approximate surface area is 157 Å². The van der Waals surface area contributed by atoms with Crippen LogP contribution in [0.25, 0.3) is 0 Å². The topological polar surface area (TPSA) is 71.0 Å². The Bertz CT molecular complexity index is 908. The third-order valence-corrected chi connectivity index (χ3v) is 5.13. The minimum absolute atomic E-state index is 0.127. The van der Waals surface area contributed by atoms with Gasteiger partial charge in [-0.25, -0.2) is 5.43 Å². The van der Waals surface area contributed by atoms with Crippen LogP contribution in [0.2, 0.25) is 0 Å². The maximum Gasteiger partial charge on any atom is 0.270 e. The largest absolute Gasteiger partial charge is 0.496 e. The van der Waals surface area contributed by atoms with E-state index in [4.69, 9.17) is 4.74 Å². The Balaban J connectivity index is 1.77. The molecule has 2 amide bonds. The van der Waals surface area contributed by atoms with Crippen molar-refractivity contribution in [2.24, 2.45) is 5.10 Å². The lowest BCUT2D eigenvalue weighted by Crippen LogP contribution is -2.45. The van der Waals surface area contributed by atoms with E-state index in [2.05, 4.69) is 16.6 Å². The van der Waals surface area contributed by atoms with Crippen LogP contribution in [0.4, 0.5) is 0 Å². The van der Waals surface area contributed by atoms with Gasteiger partial charge in [-0.05, 0) is 23.6 Å². The third-order valence-electron chi connectivity index (χ3n) is 5.13. The zero-order valence-electron chi connectivity index (χ0n) is 15.1. The molecule has 6 nitrogen and oxygen atoms in total. The lowest BCUT2D eigenvalue weighted by atomic mass is 9.87. The summed E-state index contributed by atoms with van der Waals surface area (Å²) in [6.07, 6.45) is 1.38. The highest BCUT2D eigenvalue weighted by Gasteiger charge is 2.35. The second-order valence-electron chi connectivity index (χ2n) is 6.68. The second kappa shape index (κ2) is 7.23. The van der Waals surface area contributed by atoms with Crippen LogP contribution in [0.1, 0.15) is 35.6 Å². The molecule has 0 bridgehead atoms. The molecule has 1 atom stereocenters. The fourth-order valence-corrected chi connectivity index (χ4v) is 3.83. The lowest BCUT2D eigenvalue weighted by molar-refractivity contribution is -0.126. The Morgan fingerprint density at radius 1 is 1.11 bits per heavy atom. The molecule has 27 heavy (non-hydrogen) atoms. The fraction of sp³-hybridized carbons (Fsp3) is 0.286. The normalized spacial score (nSPS) is 19.0. The Hall–Kier alpha value is -3.15. The van der Waals surface area contributed by atoms with E-state index in [9.17, 15) is 9.59 Å². The van der Waals surface area contributed by atoms with E-state index in [1.807, 2.05) is 47.4 Å². The highest BCUT2D eigenvalue weighted by molar-refractivity contribution is 6.39. The van der Waals surface area contributed by atoms with E-state index in [1.165, 1.54) is 0 Å². The van der Waals surface area contributed by atoms with Crippen molar-refractivity contribution in [3.63, 3.8) is 0 Å².